The van der Waals surface area contributed by atoms with Crippen LogP contribution in [0.25, 0.3) is 0 Å². The summed E-state index contributed by atoms with van der Waals surface area (Å²) in [6.07, 6.45) is 2.99. The first-order chi connectivity index (χ1) is 6.40. The molecule has 2 N–H and O–H groups in total. The van der Waals surface area contributed by atoms with Crippen LogP contribution in [0.5, 0.6) is 0 Å². The topological polar surface area (TPSA) is 63.4 Å². The van der Waals surface area contributed by atoms with Crippen LogP contribution in [0.2, 0.25) is 0 Å². The monoisotopic (exact) mass is 238 g/mol. The van der Waals surface area contributed by atoms with E-state index in [1.165, 1.54) is 4.31 Å². The molecule has 4 nitrogen and oxygen atoms in total. The second kappa shape index (κ2) is 6.31. The molecule has 0 radical (unpaired) electrons. The van der Waals surface area contributed by atoms with Crippen molar-refractivity contribution in [2.24, 2.45) is 5.73 Å². The van der Waals surface area contributed by atoms with E-state index in [0.717, 1.165) is 19.3 Å². The highest BCUT2D eigenvalue weighted by molar-refractivity contribution is 7.92. The van der Waals surface area contributed by atoms with Crippen LogP contribution in [0.4, 0.5) is 0 Å². The predicted octanol–water partition coefficient (Wildman–Crippen LogP) is 0.724. The zero-order chi connectivity index (χ0) is 11.2. The number of nitrogens with two attached hydrogens (primary N) is 1. The number of sulfonamides is 1. The lowest BCUT2D eigenvalue weighted by molar-refractivity contribution is 0.457. The maximum atomic E-state index is 11.5. The summed E-state index contributed by atoms with van der Waals surface area (Å²) < 4.78 is 24.3. The van der Waals surface area contributed by atoms with Crippen molar-refractivity contribution in [1.82, 2.24) is 4.31 Å². The maximum Gasteiger partial charge on any atom is 0.220 e. The van der Waals surface area contributed by atoms with Crippen molar-refractivity contribution in [3.63, 3.8) is 0 Å². The molecule has 0 aliphatic carbocycles. The molecule has 84 valence electrons. The van der Waals surface area contributed by atoms with Crippen LogP contribution >= 0.6 is 12.2 Å². The van der Waals surface area contributed by atoms with Gasteiger partial charge in [-0.2, -0.15) is 0 Å². The molecule has 0 aliphatic rings. The van der Waals surface area contributed by atoms with Crippen molar-refractivity contribution >= 4 is 27.2 Å². The minimum absolute atomic E-state index is 0.0207. The van der Waals surface area contributed by atoms with Gasteiger partial charge in [-0.15, -0.1) is 0 Å². The zero-order valence-corrected chi connectivity index (χ0v) is 10.3. The predicted molar refractivity (Wildman–Crippen MR) is 62.7 cm³/mol. The molecular formula is C8H18N2O2S2. The number of thiocarbonyl (C=S) groups is 1. The van der Waals surface area contributed by atoms with E-state index in [1.54, 1.807) is 7.05 Å². The van der Waals surface area contributed by atoms with Crippen molar-refractivity contribution < 1.29 is 8.42 Å². The number of hydrogen-bond donors (Lipinski definition) is 1. The van der Waals surface area contributed by atoms with Gasteiger partial charge < -0.3 is 5.73 Å². The number of unbranched alkanes of at least 4 members (excludes halogenated alkanes) is 2. The SMILES string of the molecule is CCCCCN(C)S(=O)(=O)CC(N)=S. The second-order valence-corrected chi connectivity index (χ2v) is 5.85. The molecule has 6 heteroatoms. The highest BCUT2D eigenvalue weighted by Gasteiger charge is 2.17. The standard InChI is InChI=1S/C8H18N2O2S2/c1-3-4-5-6-10(2)14(11,12)7-8(9)13/h3-7H2,1-2H3,(H2,9,13). The van der Waals surface area contributed by atoms with Gasteiger partial charge in [-0.3, -0.25) is 0 Å². The van der Waals surface area contributed by atoms with Crippen LogP contribution < -0.4 is 5.73 Å². The summed E-state index contributed by atoms with van der Waals surface area (Å²) in [6.45, 7) is 2.61. The Morgan fingerprint density at radius 2 is 2.00 bits per heavy atom. The molecule has 0 aromatic carbocycles. The van der Waals surface area contributed by atoms with Gasteiger partial charge in [0.1, 0.15) is 5.75 Å². The fourth-order valence-corrected chi connectivity index (χ4v) is 2.45. The molecule has 0 bridgehead atoms. The normalized spacial score (nSPS) is 11.9. The minimum atomic E-state index is -3.27. The molecule has 0 atom stereocenters. The molecule has 0 aromatic rings. The van der Waals surface area contributed by atoms with Crippen molar-refractivity contribution in [2.45, 2.75) is 26.2 Å². The molecule has 0 aliphatic heterocycles. The fraction of sp³-hybridized carbons (Fsp3) is 0.875. The largest absolute Gasteiger partial charge is 0.392 e. The van der Waals surface area contributed by atoms with Gasteiger partial charge in [0.15, 0.2) is 0 Å². The van der Waals surface area contributed by atoms with Gasteiger partial charge in [0.2, 0.25) is 10.0 Å². The van der Waals surface area contributed by atoms with Gasteiger partial charge >= 0.3 is 0 Å². The smallest absolute Gasteiger partial charge is 0.220 e. The lowest BCUT2D eigenvalue weighted by atomic mass is 10.2. The number of hydrogen-bond acceptors (Lipinski definition) is 3. The molecule has 0 saturated carbocycles. The Kier molecular flexibility index (Phi) is 6.22. The highest BCUT2D eigenvalue weighted by Crippen LogP contribution is 2.02. The first kappa shape index (κ1) is 13.8. The Bertz CT molecular complexity index is 275. The summed E-state index contributed by atoms with van der Waals surface area (Å²) in [4.78, 5) is 0.0207. The van der Waals surface area contributed by atoms with E-state index in [9.17, 15) is 8.42 Å². The third kappa shape index (κ3) is 5.51. The van der Waals surface area contributed by atoms with Crippen LogP contribution in [0, 0.1) is 0 Å². The first-order valence-electron chi connectivity index (χ1n) is 4.62. The summed E-state index contributed by atoms with van der Waals surface area (Å²) in [5.74, 6) is -0.231. The van der Waals surface area contributed by atoms with Crippen LogP contribution in [0.1, 0.15) is 26.2 Å². The van der Waals surface area contributed by atoms with E-state index in [1.807, 2.05) is 0 Å². The summed E-state index contributed by atoms with van der Waals surface area (Å²) in [5, 5.41) is 0. The Labute approximate surface area is 91.5 Å². The molecule has 0 amide bonds. The molecule has 0 unspecified atom stereocenters. The Hall–Kier alpha value is -0.200. The summed E-state index contributed by atoms with van der Waals surface area (Å²) in [7, 11) is -1.71. The van der Waals surface area contributed by atoms with E-state index >= 15 is 0 Å². The van der Waals surface area contributed by atoms with Crippen molar-refractivity contribution in [2.75, 3.05) is 19.3 Å². The molecule has 0 spiro atoms. The minimum Gasteiger partial charge on any atom is -0.392 e. The van der Waals surface area contributed by atoms with Crippen molar-refractivity contribution in [1.29, 1.82) is 0 Å². The lowest BCUT2D eigenvalue weighted by Gasteiger charge is -2.16. The Morgan fingerprint density at radius 1 is 1.43 bits per heavy atom. The fourth-order valence-electron chi connectivity index (χ4n) is 1.01. The summed E-state index contributed by atoms with van der Waals surface area (Å²) in [6, 6.07) is 0. The Morgan fingerprint density at radius 3 is 2.43 bits per heavy atom. The molecule has 0 heterocycles. The molecule has 0 saturated heterocycles. The van der Waals surface area contributed by atoms with Crippen LogP contribution in [0.3, 0.4) is 0 Å². The van der Waals surface area contributed by atoms with Crippen LogP contribution in [0.15, 0.2) is 0 Å². The molecule has 0 fully saturated rings. The van der Waals surface area contributed by atoms with Crippen LogP contribution in [-0.2, 0) is 10.0 Å². The van der Waals surface area contributed by atoms with E-state index < -0.39 is 10.0 Å². The van der Waals surface area contributed by atoms with Gasteiger partial charge in [0.25, 0.3) is 0 Å². The van der Waals surface area contributed by atoms with E-state index in [2.05, 4.69) is 19.1 Å². The average molecular weight is 238 g/mol. The van der Waals surface area contributed by atoms with Crippen molar-refractivity contribution in [3.8, 4) is 0 Å². The van der Waals surface area contributed by atoms with E-state index in [-0.39, 0.29) is 10.7 Å². The Balaban J connectivity index is 4.08. The number of rotatable bonds is 7. The zero-order valence-electron chi connectivity index (χ0n) is 8.69. The third-order valence-corrected chi connectivity index (χ3v) is 4.01. The average Bonchev–Trinajstić information content (AvgIpc) is 2.02. The number of nitrogens with zero attached hydrogens (tertiary/aromatic N) is 1. The van der Waals surface area contributed by atoms with Gasteiger partial charge in [-0.1, -0.05) is 32.0 Å². The molecule has 0 aromatic heterocycles. The quantitative estimate of drug-likeness (QED) is 0.524. The first-order valence-corrected chi connectivity index (χ1v) is 6.64. The second-order valence-electron chi connectivity index (χ2n) is 3.25. The van der Waals surface area contributed by atoms with Gasteiger partial charge in [0, 0.05) is 13.6 Å². The molecule has 0 rings (SSSR count). The van der Waals surface area contributed by atoms with Gasteiger partial charge in [-0.25, -0.2) is 12.7 Å². The summed E-state index contributed by atoms with van der Waals surface area (Å²) >= 11 is 4.57. The van der Waals surface area contributed by atoms with Gasteiger partial charge in [-0.05, 0) is 6.42 Å². The highest BCUT2D eigenvalue weighted by atomic mass is 32.2. The molecular weight excluding hydrogens is 220 g/mol. The van der Waals surface area contributed by atoms with E-state index in [0.29, 0.717) is 6.54 Å². The molecule has 14 heavy (non-hydrogen) atoms. The third-order valence-electron chi connectivity index (χ3n) is 1.88. The lowest BCUT2D eigenvalue weighted by Crippen LogP contribution is -2.34. The van der Waals surface area contributed by atoms with E-state index in [4.69, 9.17) is 5.73 Å². The van der Waals surface area contributed by atoms with Crippen molar-refractivity contribution in [3.05, 3.63) is 0 Å². The van der Waals surface area contributed by atoms with Crippen LogP contribution in [-0.4, -0.2) is 37.1 Å². The maximum absolute atomic E-state index is 11.5. The summed E-state index contributed by atoms with van der Waals surface area (Å²) in [5.41, 5.74) is 5.20. The van der Waals surface area contributed by atoms with Gasteiger partial charge in [0.05, 0.1) is 4.99 Å².